The van der Waals surface area contributed by atoms with E-state index < -0.39 is 22.2 Å². The molecule has 0 atom stereocenters. The van der Waals surface area contributed by atoms with Gasteiger partial charge in [0.2, 0.25) is 5.82 Å². The Morgan fingerprint density at radius 1 is 1.57 bits per heavy atom. The van der Waals surface area contributed by atoms with Gasteiger partial charge in [0.1, 0.15) is 0 Å². The summed E-state index contributed by atoms with van der Waals surface area (Å²) in [6.45, 7) is 1.11. The fourth-order valence-electron chi connectivity index (χ4n) is 1.02. The summed E-state index contributed by atoms with van der Waals surface area (Å²) in [6.07, 6.45) is 0. The third-order valence-electron chi connectivity index (χ3n) is 1.59. The average molecular weight is 218 g/mol. The van der Waals surface area contributed by atoms with Gasteiger partial charge < -0.3 is 0 Å². The highest BCUT2D eigenvalue weighted by molar-refractivity contribution is 6.31. The number of hydrogen-bond donors (Lipinski definition) is 0. The molecule has 0 aliphatic rings. The highest BCUT2D eigenvalue weighted by atomic mass is 35.5. The summed E-state index contributed by atoms with van der Waals surface area (Å²) in [5.41, 5.74) is -1.15. The van der Waals surface area contributed by atoms with E-state index in [4.69, 9.17) is 11.6 Å². The third-order valence-corrected chi connectivity index (χ3v) is 1.81. The summed E-state index contributed by atoms with van der Waals surface area (Å²) in [7, 11) is 0. The Balaban J connectivity index is 3.52. The zero-order valence-electron chi connectivity index (χ0n) is 7.08. The van der Waals surface area contributed by atoms with E-state index in [1.54, 1.807) is 0 Å². The highest BCUT2D eigenvalue weighted by Gasteiger charge is 2.23. The lowest BCUT2D eigenvalue weighted by Gasteiger charge is -2.00. The lowest BCUT2D eigenvalue weighted by Crippen LogP contribution is -2.02. The minimum atomic E-state index is -1.10. The summed E-state index contributed by atoms with van der Waals surface area (Å²) in [6, 6.07) is 1.87. The number of hydrogen-bond acceptors (Lipinski definition) is 3. The van der Waals surface area contributed by atoms with Gasteiger partial charge in [-0.3, -0.25) is 14.9 Å². The van der Waals surface area contributed by atoms with Crippen LogP contribution >= 0.6 is 11.6 Å². The van der Waals surface area contributed by atoms with Crippen molar-refractivity contribution in [2.24, 2.45) is 0 Å². The molecule has 14 heavy (non-hydrogen) atoms. The van der Waals surface area contributed by atoms with Crippen LogP contribution in [0.4, 0.5) is 10.1 Å². The molecule has 0 amide bonds. The number of carbonyl (C=O) groups excluding carboxylic acids is 1. The quantitative estimate of drug-likeness (QED) is 0.435. The molecular formula is C8H5ClFNO3. The van der Waals surface area contributed by atoms with Crippen LogP contribution < -0.4 is 0 Å². The number of nitro benzene ring substituents is 1. The second-order valence-corrected chi connectivity index (χ2v) is 3.03. The molecule has 0 aliphatic carbocycles. The molecule has 4 nitrogen and oxygen atoms in total. The van der Waals surface area contributed by atoms with Crippen molar-refractivity contribution in [1.29, 1.82) is 0 Å². The van der Waals surface area contributed by atoms with Gasteiger partial charge in [0, 0.05) is 5.02 Å². The second kappa shape index (κ2) is 3.71. The van der Waals surface area contributed by atoms with Crippen molar-refractivity contribution in [3.63, 3.8) is 0 Å². The summed E-state index contributed by atoms with van der Waals surface area (Å²) < 4.78 is 13.0. The largest absolute Gasteiger partial charge is 0.315 e. The maximum Gasteiger partial charge on any atom is 0.315 e. The minimum absolute atomic E-state index is 0.0432. The number of nitro groups is 1. The van der Waals surface area contributed by atoms with Crippen molar-refractivity contribution in [2.75, 3.05) is 0 Å². The van der Waals surface area contributed by atoms with E-state index in [2.05, 4.69) is 0 Å². The van der Waals surface area contributed by atoms with Crippen LogP contribution in [0.1, 0.15) is 17.3 Å². The minimum Gasteiger partial charge on any atom is -0.294 e. The van der Waals surface area contributed by atoms with Gasteiger partial charge in [0.05, 0.1) is 10.5 Å². The SMILES string of the molecule is CC(=O)c1cc(Cl)cc(F)c1[N+](=O)[O-]. The molecule has 1 aromatic rings. The van der Waals surface area contributed by atoms with Gasteiger partial charge in [0.25, 0.3) is 0 Å². The zero-order chi connectivity index (χ0) is 10.9. The molecule has 0 N–H and O–H groups in total. The molecule has 0 saturated heterocycles. The molecule has 0 aliphatic heterocycles. The van der Waals surface area contributed by atoms with E-state index in [9.17, 15) is 19.3 Å². The number of rotatable bonds is 2. The van der Waals surface area contributed by atoms with Crippen molar-refractivity contribution in [3.8, 4) is 0 Å². The fraction of sp³-hybridized carbons (Fsp3) is 0.125. The first-order chi connectivity index (χ1) is 6.43. The molecular weight excluding hydrogens is 213 g/mol. The normalized spacial score (nSPS) is 9.93. The fourth-order valence-corrected chi connectivity index (χ4v) is 1.22. The monoisotopic (exact) mass is 217 g/mol. The van der Waals surface area contributed by atoms with Crippen molar-refractivity contribution in [3.05, 3.63) is 38.7 Å². The zero-order valence-corrected chi connectivity index (χ0v) is 7.84. The Morgan fingerprint density at radius 3 is 2.57 bits per heavy atom. The molecule has 0 spiro atoms. The maximum atomic E-state index is 13.0. The molecule has 0 aromatic heterocycles. The van der Waals surface area contributed by atoms with Crippen LogP contribution in [0.25, 0.3) is 0 Å². The van der Waals surface area contributed by atoms with Crippen LogP contribution in [-0.4, -0.2) is 10.7 Å². The van der Waals surface area contributed by atoms with Gasteiger partial charge in [-0.2, -0.15) is 4.39 Å². The van der Waals surface area contributed by atoms with Gasteiger partial charge in [-0.1, -0.05) is 11.6 Å². The number of nitrogens with zero attached hydrogens (tertiary/aromatic N) is 1. The highest BCUT2D eigenvalue weighted by Crippen LogP contribution is 2.26. The Labute approximate surface area is 83.4 Å². The summed E-state index contributed by atoms with van der Waals surface area (Å²) in [5, 5.41) is 10.4. The predicted molar refractivity (Wildman–Crippen MR) is 48.1 cm³/mol. The molecule has 0 heterocycles. The molecule has 0 saturated carbocycles. The number of halogens is 2. The van der Waals surface area contributed by atoms with E-state index in [1.807, 2.05) is 0 Å². The van der Waals surface area contributed by atoms with E-state index in [0.29, 0.717) is 0 Å². The average Bonchev–Trinajstić information content (AvgIpc) is 2.01. The lowest BCUT2D eigenvalue weighted by molar-refractivity contribution is -0.387. The van der Waals surface area contributed by atoms with Gasteiger partial charge in [-0.05, 0) is 19.1 Å². The van der Waals surface area contributed by atoms with E-state index in [1.165, 1.54) is 0 Å². The van der Waals surface area contributed by atoms with Crippen LogP contribution in [-0.2, 0) is 0 Å². The first kappa shape index (κ1) is 10.6. The molecule has 0 unspecified atom stereocenters. The van der Waals surface area contributed by atoms with Gasteiger partial charge in [0.15, 0.2) is 5.78 Å². The first-order valence-corrected chi connectivity index (χ1v) is 3.95. The third kappa shape index (κ3) is 1.88. The van der Waals surface area contributed by atoms with Crippen molar-refractivity contribution < 1.29 is 14.1 Å². The topological polar surface area (TPSA) is 60.2 Å². The second-order valence-electron chi connectivity index (χ2n) is 2.60. The molecule has 6 heteroatoms. The molecule has 74 valence electrons. The molecule has 1 rings (SSSR count). The van der Waals surface area contributed by atoms with E-state index in [0.717, 1.165) is 19.1 Å². The smallest absolute Gasteiger partial charge is 0.294 e. The summed E-state index contributed by atoms with van der Waals surface area (Å²) in [4.78, 5) is 20.4. The van der Waals surface area contributed by atoms with Crippen LogP contribution in [0.2, 0.25) is 5.02 Å². The van der Waals surface area contributed by atoms with Crippen molar-refractivity contribution in [1.82, 2.24) is 0 Å². The number of ketones is 1. The molecule has 1 aromatic carbocycles. The standard InChI is InChI=1S/C8H5ClFNO3/c1-4(12)6-2-5(9)3-7(10)8(6)11(13)14/h2-3H,1H3. The van der Waals surface area contributed by atoms with Crippen LogP contribution in [0.5, 0.6) is 0 Å². The van der Waals surface area contributed by atoms with E-state index in [-0.39, 0.29) is 10.6 Å². The number of benzene rings is 1. The lowest BCUT2D eigenvalue weighted by atomic mass is 10.1. The Kier molecular flexibility index (Phi) is 2.81. The number of Topliss-reactive ketones (excluding diaryl/α,β-unsaturated/α-hetero) is 1. The van der Waals surface area contributed by atoms with Gasteiger partial charge >= 0.3 is 5.69 Å². The van der Waals surface area contributed by atoms with Gasteiger partial charge in [-0.25, -0.2) is 0 Å². The Hall–Kier alpha value is -1.49. The molecule has 0 radical (unpaired) electrons. The van der Waals surface area contributed by atoms with E-state index >= 15 is 0 Å². The van der Waals surface area contributed by atoms with Crippen LogP contribution in [0.15, 0.2) is 12.1 Å². The van der Waals surface area contributed by atoms with Crippen LogP contribution in [0, 0.1) is 15.9 Å². The Morgan fingerprint density at radius 2 is 2.14 bits per heavy atom. The van der Waals surface area contributed by atoms with Crippen molar-refractivity contribution >= 4 is 23.1 Å². The summed E-state index contributed by atoms with van der Waals surface area (Å²) >= 11 is 5.46. The van der Waals surface area contributed by atoms with Crippen molar-refractivity contribution in [2.45, 2.75) is 6.92 Å². The van der Waals surface area contributed by atoms with Crippen LogP contribution in [0.3, 0.4) is 0 Å². The predicted octanol–water partition coefficient (Wildman–Crippen LogP) is 2.59. The summed E-state index contributed by atoms with van der Waals surface area (Å²) in [5.74, 6) is -1.70. The molecule has 0 fully saturated rings. The first-order valence-electron chi connectivity index (χ1n) is 3.58. The van der Waals surface area contributed by atoms with Gasteiger partial charge in [-0.15, -0.1) is 0 Å². The Bertz CT molecular complexity index is 419. The molecule has 0 bridgehead atoms. The number of carbonyl (C=O) groups is 1. The maximum absolute atomic E-state index is 13.0.